The first-order valence-corrected chi connectivity index (χ1v) is 7.31. The lowest BCUT2D eigenvalue weighted by Gasteiger charge is -2.21. The lowest BCUT2D eigenvalue weighted by atomic mass is 10.1. The van der Waals surface area contributed by atoms with Crippen molar-refractivity contribution in [1.29, 1.82) is 0 Å². The Hall–Kier alpha value is -0.770. The lowest BCUT2D eigenvalue weighted by molar-refractivity contribution is 0.0597. The van der Waals surface area contributed by atoms with Gasteiger partial charge in [0.25, 0.3) is 0 Å². The molecule has 3 nitrogen and oxygen atoms in total. The Kier molecular flexibility index (Phi) is 5.08. The highest BCUT2D eigenvalue weighted by atomic mass is 35.5. The molecule has 0 heterocycles. The molecule has 0 amide bonds. The molecule has 1 aromatic rings. The zero-order valence-electron chi connectivity index (χ0n) is 11.5. The molecule has 1 fully saturated rings. The average Bonchev–Trinajstić information content (AvgIpc) is 2.76. The molecular formula is C15H22ClNO2. The highest BCUT2D eigenvalue weighted by Crippen LogP contribution is 2.33. The van der Waals surface area contributed by atoms with Gasteiger partial charge in [-0.05, 0) is 25.3 Å². The van der Waals surface area contributed by atoms with Crippen molar-refractivity contribution in [2.75, 3.05) is 0 Å². The minimum Gasteiger partial charge on any atom is -0.486 e. The molecule has 0 bridgehead atoms. The van der Waals surface area contributed by atoms with Gasteiger partial charge in [-0.1, -0.05) is 37.6 Å². The Labute approximate surface area is 119 Å². The Balaban J connectivity index is 2.12. The maximum Gasteiger partial charge on any atom is 0.142 e. The predicted octanol–water partition coefficient (Wildman–Crippen LogP) is 3.13. The number of halogens is 1. The van der Waals surface area contributed by atoms with Gasteiger partial charge in [0.2, 0.25) is 0 Å². The van der Waals surface area contributed by atoms with E-state index >= 15 is 0 Å². The van der Waals surface area contributed by atoms with Crippen LogP contribution >= 0.6 is 11.6 Å². The Bertz CT molecular complexity index is 423. The molecule has 1 aliphatic rings. The monoisotopic (exact) mass is 283 g/mol. The summed E-state index contributed by atoms with van der Waals surface area (Å²) in [6, 6.07) is 6.18. The van der Waals surface area contributed by atoms with Crippen LogP contribution in [0.25, 0.3) is 0 Å². The van der Waals surface area contributed by atoms with Crippen LogP contribution < -0.4 is 10.1 Å². The summed E-state index contributed by atoms with van der Waals surface area (Å²) in [7, 11) is 0. The summed E-state index contributed by atoms with van der Waals surface area (Å²) in [4.78, 5) is 0. The van der Waals surface area contributed by atoms with Crippen molar-refractivity contribution in [2.45, 2.75) is 57.9 Å². The van der Waals surface area contributed by atoms with Gasteiger partial charge >= 0.3 is 0 Å². The van der Waals surface area contributed by atoms with E-state index in [-0.39, 0.29) is 12.2 Å². The highest BCUT2D eigenvalue weighted by Gasteiger charge is 2.28. The molecule has 4 heteroatoms. The average molecular weight is 284 g/mol. The van der Waals surface area contributed by atoms with E-state index in [9.17, 15) is 5.11 Å². The van der Waals surface area contributed by atoms with Crippen LogP contribution in [0.4, 0.5) is 0 Å². The van der Waals surface area contributed by atoms with Crippen LogP contribution in [-0.2, 0) is 6.54 Å². The predicted molar refractivity (Wildman–Crippen MR) is 77.7 cm³/mol. The molecule has 2 unspecified atom stereocenters. The third-order valence-electron chi connectivity index (χ3n) is 3.44. The van der Waals surface area contributed by atoms with E-state index in [2.05, 4.69) is 19.2 Å². The van der Waals surface area contributed by atoms with E-state index in [4.69, 9.17) is 16.3 Å². The van der Waals surface area contributed by atoms with Gasteiger partial charge in [-0.15, -0.1) is 0 Å². The molecule has 0 spiro atoms. The molecule has 0 aliphatic heterocycles. The molecule has 0 radical (unpaired) electrons. The summed E-state index contributed by atoms with van der Waals surface area (Å²) in [5.41, 5.74) is 1.04. The van der Waals surface area contributed by atoms with Gasteiger partial charge in [0.05, 0.1) is 11.1 Å². The fraction of sp³-hybridized carbons (Fsp3) is 0.600. The number of aliphatic hydroxyl groups is 1. The smallest absolute Gasteiger partial charge is 0.142 e. The number of nitrogens with one attached hydrogen (secondary N) is 1. The molecule has 1 saturated carbocycles. The van der Waals surface area contributed by atoms with E-state index in [1.807, 2.05) is 18.2 Å². The topological polar surface area (TPSA) is 41.5 Å². The van der Waals surface area contributed by atoms with Crippen LogP contribution in [0.2, 0.25) is 5.02 Å². The molecular weight excluding hydrogens is 262 g/mol. The minimum atomic E-state index is -0.373. The second-order valence-electron chi connectivity index (χ2n) is 5.42. The number of para-hydroxylation sites is 1. The summed E-state index contributed by atoms with van der Waals surface area (Å²) in [6.07, 6.45) is 2.22. The SMILES string of the molecule is CC(C)NCc1cccc(Cl)c1OC1CCCC1O. The quantitative estimate of drug-likeness (QED) is 0.872. The van der Waals surface area contributed by atoms with Crippen LogP contribution in [0.3, 0.4) is 0 Å². The number of aliphatic hydroxyl groups excluding tert-OH is 1. The van der Waals surface area contributed by atoms with Gasteiger partial charge in [0, 0.05) is 18.2 Å². The van der Waals surface area contributed by atoms with Crippen molar-refractivity contribution in [1.82, 2.24) is 5.32 Å². The maximum absolute atomic E-state index is 9.87. The fourth-order valence-corrected chi connectivity index (χ4v) is 2.57. The molecule has 2 N–H and O–H groups in total. The zero-order valence-corrected chi connectivity index (χ0v) is 12.3. The zero-order chi connectivity index (χ0) is 13.8. The number of benzene rings is 1. The molecule has 2 atom stereocenters. The molecule has 2 rings (SSSR count). The summed E-state index contributed by atoms with van der Waals surface area (Å²) < 4.78 is 5.96. The van der Waals surface area contributed by atoms with Crippen molar-refractivity contribution < 1.29 is 9.84 Å². The first-order chi connectivity index (χ1) is 9.08. The summed E-state index contributed by atoms with van der Waals surface area (Å²) >= 11 is 6.24. The fourth-order valence-electron chi connectivity index (χ4n) is 2.33. The summed E-state index contributed by atoms with van der Waals surface area (Å²) in [6.45, 7) is 4.92. The third kappa shape index (κ3) is 3.85. The first kappa shape index (κ1) is 14.6. The van der Waals surface area contributed by atoms with E-state index in [1.165, 1.54) is 0 Å². The standard InChI is InChI=1S/C15H22ClNO2/c1-10(2)17-9-11-5-3-6-12(16)15(11)19-14-8-4-7-13(14)18/h3,5-6,10,13-14,17-18H,4,7-9H2,1-2H3. The van der Waals surface area contributed by atoms with Crippen molar-refractivity contribution in [2.24, 2.45) is 0 Å². The normalized spacial score (nSPS) is 23.0. The maximum atomic E-state index is 9.87. The van der Waals surface area contributed by atoms with Crippen LogP contribution in [0, 0.1) is 0 Å². The molecule has 19 heavy (non-hydrogen) atoms. The minimum absolute atomic E-state index is 0.127. The number of hydrogen-bond acceptors (Lipinski definition) is 3. The Morgan fingerprint density at radius 2 is 2.21 bits per heavy atom. The van der Waals surface area contributed by atoms with Crippen LogP contribution in [-0.4, -0.2) is 23.4 Å². The van der Waals surface area contributed by atoms with Crippen LogP contribution in [0.1, 0.15) is 38.7 Å². The number of hydrogen-bond donors (Lipinski definition) is 2. The molecule has 1 aromatic carbocycles. The van der Waals surface area contributed by atoms with Gasteiger partial charge in [0.1, 0.15) is 11.9 Å². The second kappa shape index (κ2) is 6.60. The van der Waals surface area contributed by atoms with Crippen molar-refractivity contribution >= 4 is 11.6 Å². The van der Waals surface area contributed by atoms with Crippen molar-refractivity contribution in [3.8, 4) is 5.75 Å². The van der Waals surface area contributed by atoms with Gasteiger partial charge in [-0.25, -0.2) is 0 Å². The number of ether oxygens (including phenoxy) is 1. The van der Waals surface area contributed by atoms with E-state index < -0.39 is 0 Å². The molecule has 1 aliphatic carbocycles. The Morgan fingerprint density at radius 3 is 2.84 bits per heavy atom. The third-order valence-corrected chi connectivity index (χ3v) is 3.73. The summed E-state index contributed by atoms with van der Waals surface area (Å²) in [5, 5.41) is 13.8. The van der Waals surface area contributed by atoms with Crippen LogP contribution in [0.15, 0.2) is 18.2 Å². The first-order valence-electron chi connectivity index (χ1n) is 6.93. The van der Waals surface area contributed by atoms with Crippen molar-refractivity contribution in [3.05, 3.63) is 28.8 Å². The second-order valence-corrected chi connectivity index (χ2v) is 5.83. The molecule has 106 valence electrons. The molecule has 0 aromatic heterocycles. The van der Waals surface area contributed by atoms with Crippen LogP contribution in [0.5, 0.6) is 5.75 Å². The highest BCUT2D eigenvalue weighted by molar-refractivity contribution is 6.32. The van der Waals surface area contributed by atoms with Gasteiger partial charge in [0.15, 0.2) is 0 Å². The van der Waals surface area contributed by atoms with Crippen molar-refractivity contribution in [3.63, 3.8) is 0 Å². The van der Waals surface area contributed by atoms with Gasteiger partial charge in [-0.2, -0.15) is 0 Å². The van der Waals surface area contributed by atoms with E-state index in [1.54, 1.807) is 0 Å². The largest absolute Gasteiger partial charge is 0.486 e. The number of rotatable bonds is 5. The van der Waals surface area contributed by atoms with E-state index in [0.717, 1.165) is 31.4 Å². The Morgan fingerprint density at radius 1 is 1.42 bits per heavy atom. The van der Waals surface area contributed by atoms with Gasteiger partial charge in [-0.3, -0.25) is 0 Å². The lowest BCUT2D eigenvalue weighted by Crippen LogP contribution is -2.27. The van der Waals surface area contributed by atoms with E-state index in [0.29, 0.717) is 16.8 Å². The molecule has 0 saturated heterocycles. The summed E-state index contributed by atoms with van der Waals surface area (Å²) in [5.74, 6) is 0.711. The van der Waals surface area contributed by atoms with Gasteiger partial charge < -0.3 is 15.2 Å².